The molecule has 112 valence electrons. The first-order valence-electron chi connectivity index (χ1n) is 8.06. The van der Waals surface area contributed by atoms with Crippen LogP contribution in [0.15, 0.2) is 18.2 Å². The predicted molar refractivity (Wildman–Crippen MR) is 84.4 cm³/mol. The van der Waals surface area contributed by atoms with Gasteiger partial charge in [0, 0.05) is 18.0 Å². The molecule has 1 amide bonds. The fourth-order valence-corrected chi connectivity index (χ4v) is 3.06. The Morgan fingerprint density at radius 3 is 2.76 bits per heavy atom. The van der Waals surface area contributed by atoms with E-state index in [2.05, 4.69) is 22.2 Å². The first-order chi connectivity index (χ1) is 10.3. The Balaban J connectivity index is 1.74. The van der Waals surface area contributed by atoms with Gasteiger partial charge in [-0.2, -0.15) is 0 Å². The lowest BCUT2D eigenvalue weighted by Crippen LogP contribution is -2.34. The van der Waals surface area contributed by atoms with Crippen molar-refractivity contribution in [3.63, 3.8) is 0 Å². The van der Waals surface area contributed by atoms with Crippen LogP contribution in [-0.2, 0) is 6.42 Å². The minimum absolute atomic E-state index is 0.0384. The number of carbonyl (C=O) groups is 1. The van der Waals surface area contributed by atoms with Crippen LogP contribution in [0.5, 0.6) is 0 Å². The average Bonchev–Trinajstić information content (AvgIpc) is 2.75. The van der Waals surface area contributed by atoms with Crippen LogP contribution in [0.2, 0.25) is 0 Å². The molecule has 1 aliphatic carbocycles. The van der Waals surface area contributed by atoms with Crippen LogP contribution in [0.3, 0.4) is 0 Å². The van der Waals surface area contributed by atoms with Gasteiger partial charge in [0.25, 0.3) is 5.91 Å². The van der Waals surface area contributed by atoms with Gasteiger partial charge in [-0.1, -0.05) is 32.6 Å². The van der Waals surface area contributed by atoms with Crippen molar-refractivity contribution in [2.24, 2.45) is 0 Å². The highest BCUT2D eigenvalue weighted by atomic mass is 16.1. The van der Waals surface area contributed by atoms with Gasteiger partial charge >= 0.3 is 0 Å². The molecule has 0 atom stereocenters. The lowest BCUT2D eigenvalue weighted by Gasteiger charge is -2.16. The van der Waals surface area contributed by atoms with Gasteiger partial charge in [-0.3, -0.25) is 4.79 Å². The van der Waals surface area contributed by atoms with Crippen LogP contribution in [0.25, 0.3) is 11.0 Å². The largest absolute Gasteiger partial charge is 0.349 e. The lowest BCUT2D eigenvalue weighted by molar-refractivity contribution is 0.0933. The Morgan fingerprint density at radius 2 is 2.05 bits per heavy atom. The normalized spacial score (nSPS) is 16.8. The van der Waals surface area contributed by atoms with Gasteiger partial charge in [-0.05, 0) is 31.0 Å². The number of aromatic amines is 1. The van der Waals surface area contributed by atoms with E-state index in [1.165, 1.54) is 25.7 Å². The lowest BCUT2D eigenvalue weighted by atomic mass is 10.1. The van der Waals surface area contributed by atoms with E-state index in [-0.39, 0.29) is 5.91 Å². The molecule has 1 aromatic heterocycles. The van der Waals surface area contributed by atoms with Crippen LogP contribution in [0.1, 0.15) is 61.6 Å². The van der Waals surface area contributed by atoms with Crippen molar-refractivity contribution in [1.29, 1.82) is 0 Å². The van der Waals surface area contributed by atoms with Crippen molar-refractivity contribution < 1.29 is 4.79 Å². The molecule has 2 N–H and O–H groups in total. The SMILES string of the molecule is CCc1nc2ccc(C(=O)NC3CCCCCC3)cc2[nH]1. The molecule has 0 unspecified atom stereocenters. The zero-order chi connectivity index (χ0) is 14.7. The number of nitrogens with one attached hydrogen (secondary N) is 2. The van der Waals surface area contributed by atoms with Crippen LogP contribution in [0, 0.1) is 0 Å². The van der Waals surface area contributed by atoms with Crippen LogP contribution < -0.4 is 5.32 Å². The van der Waals surface area contributed by atoms with Gasteiger partial charge in [-0.25, -0.2) is 4.98 Å². The van der Waals surface area contributed by atoms with Gasteiger partial charge in [0.2, 0.25) is 0 Å². The smallest absolute Gasteiger partial charge is 0.251 e. The number of benzene rings is 1. The van der Waals surface area contributed by atoms with Crippen molar-refractivity contribution in [2.45, 2.75) is 57.9 Å². The number of carbonyl (C=O) groups excluding carboxylic acids is 1. The molecule has 1 saturated carbocycles. The summed E-state index contributed by atoms with van der Waals surface area (Å²) in [7, 11) is 0. The third-order valence-electron chi connectivity index (χ3n) is 4.32. The number of imidazole rings is 1. The summed E-state index contributed by atoms with van der Waals surface area (Å²) in [6, 6.07) is 6.04. The molecule has 1 fully saturated rings. The number of H-pyrrole nitrogens is 1. The topological polar surface area (TPSA) is 57.8 Å². The van der Waals surface area contributed by atoms with Crippen LogP contribution in [-0.4, -0.2) is 21.9 Å². The molecule has 0 saturated heterocycles. The maximum absolute atomic E-state index is 12.4. The second-order valence-electron chi connectivity index (χ2n) is 5.93. The highest BCUT2D eigenvalue weighted by molar-refractivity contribution is 5.97. The summed E-state index contributed by atoms with van der Waals surface area (Å²) in [6.07, 6.45) is 8.14. The first-order valence-corrected chi connectivity index (χ1v) is 8.06. The minimum atomic E-state index is 0.0384. The molecule has 1 aromatic carbocycles. The zero-order valence-corrected chi connectivity index (χ0v) is 12.6. The second kappa shape index (κ2) is 6.29. The number of aromatic nitrogens is 2. The summed E-state index contributed by atoms with van der Waals surface area (Å²) in [4.78, 5) is 20.1. The molecule has 1 aliphatic rings. The highest BCUT2D eigenvalue weighted by Crippen LogP contribution is 2.18. The molecule has 4 heteroatoms. The Bertz CT molecular complexity index is 624. The molecular formula is C17H23N3O. The molecule has 0 aliphatic heterocycles. The fraction of sp³-hybridized carbons (Fsp3) is 0.529. The summed E-state index contributed by atoms with van der Waals surface area (Å²) < 4.78 is 0. The number of nitrogens with zero attached hydrogens (tertiary/aromatic N) is 1. The van der Waals surface area contributed by atoms with E-state index in [1.807, 2.05) is 18.2 Å². The van der Waals surface area contributed by atoms with Gasteiger partial charge in [0.15, 0.2) is 0 Å². The van der Waals surface area contributed by atoms with E-state index in [0.29, 0.717) is 6.04 Å². The van der Waals surface area contributed by atoms with Gasteiger partial charge in [-0.15, -0.1) is 0 Å². The summed E-state index contributed by atoms with van der Waals surface area (Å²) >= 11 is 0. The first kappa shape index (κ1) is 14.1. The Hall–Kier alpha value is -1.84. The number of rotatable bonds is 3. The molecule has 0 spiro atoms. The summed E-state index contributed by atoms with van der Waals surface area (Å²) in [5.74, 6) is 1.00. The number of hydrogen-bond acceptors (Lipinski definition) is 2. The molecule has 2 aromatic rings. The van der Waals surface area contributed by atoms with Gasteiger partial charge in [0.05, 0.1) is 11.0 Å². The van der Waals surface area contributed by atoms with Crippen molar-refractivity contribution in [3.05, 3.63) is 29.6 Å². The molecule has 0 bridgehead atoms. The standard InChI is InChI=1S/C17H23N3O/c1-2-16-19-14-10-9-12(11-15(14)20-16)17(21)18-13-7-5-3-4-6-8-13/h9-11,13H,2-8H2,1H3,(H,18,21)(H,19,20). The van der Waals surface area contributed by atoms with Crippen LogP contribution in [0.4, 0.5) is 0 Å². The van der Waals surface area contributed by atoms with E-state index < -0.39 is 0 Å². The summed E-state index contributed by atoms with van der Waals surface area (Å²) in [6.45, 7) is 2.07. The third kappa shape index (κ3) is 3.26. The van der Waals surface area contributed by atoms with E-state index in [0.717, 1.165) is 41.7 Å². The number of hydrogen-bond donors (Lipinski definition) is 2. The Morgan fingerprint density at radius 1 is 1.29 bits per heavy atom. The molecule has 0 radical (unpaired) electrons. The quantitative estimate of drug-likeness (QED) is 0.847. The highest BCUT2D eigenvalue weighted by Gasteiger charge is 2.16. The number of fused-ring (bicyclic) bond motifs is 1. The van der Waals surface area contributed by atoms with Crippen molar-refractivity contribution >= 4 is 16.9 Å². The molecular weight excluding hydrogens is 262 g/mol. The van der Waals surface area contributed by atoms with Gasteiger partial charge in [0.1, 0.15) is 5.82 Å². The third-order valence-corrected chi connectivity index (χ3v) is 4.32. The van der Waals surface area contributed by atoms with Crippen molar-refractivity contribution in [2.75, 3.05) is 0 Å². The maximum atomic E-state index is 12.4. The Labute approximate surface area is 125 Å². The van der Waals surface area contributed by atoms with Crippen molar-refractivity contribution in [1.82, 2.24) is 15.3 Å². The Kier molecular flexibility index (Phi) is 4.23. The van der Waals surface area contributed by atoms with Gasteiger partial charge < -0.3 is 10.3 Å². The summed E-state index contributed by atoms with van der Waals surface area (Å²) in [5, 5.41) is 3.19. The van der Waals surface area contributed by atoms with Crippen LogP contribution >= 0.6 is 0 Å². The monoisotopic (exact) mass is 285 g/mol. The van der Waals surface area contributed by atoms with E-state index >= 15 is 0 Å². The van der Waals surface area contributed by atoms with E-state index in [1.54, 1.807) is 0 Å². The molecule has 21 heavy (non-hydrogen) atoms. The molecule has 4 nitrogen and oxygen atoms in total. The minimum Gasteiger partial charge on any atom is -0.349 e. The fourth-order valence-electron chi connectivity index (χ4n) is 3.06. The van der Waals surface area contributed by atoms with E-state index in [4.69, 9.17) is 0 Å². The van der Waals surface area contributed by atoms with Crippen molar-refractivity contribution in [3.8, 4) is 0 Å². The predicted octanol–water partition coefficient (Wildman–Crippen LogP) is 3.58. The number of amides is 1. The summed E-state index contributed by atoms with van der Waals surface area (Å²) in [5.41, 5.74) is 2.59. The number of aryl methyl sites for hydroxylation is 1. The molecule has 3 rings (SSSR count). The second-order valence-corrected chi connectivity index (χ2v) is 5.93. The zero-order valence-electron chi connectivity index (χ0n) is 12.6. The molecule has 1 heterocycles. The maximum Gasteiger partial charge on any atom is 0.251 e. The average molecular weight is 285 g/mol. The van der Waals surface area contributed by atoms with E-state index in [9.17, 15) is 4.79 Å².